The van der Waals surface area contributed by atoms with Gasteiger partial charge in [0.2, 0.25) is 0 Å². The third-order valence-electron chi connectivity index (χ3n) is 2.84. The van der Waals surface area contributed by atoms with Gasteiger partial charge in [0.05, 0.1) is 5.60 Å². The molecular formula is C14H21ClN2O2. The minimum Gasteiger partial charge on any atom is -0.388 e. The van der Waals surface area contributed by atoms with E-state index in [4.69, 9.17) is 11.6 Å². The summed E-state index contributed by atoms with van der Waals surface area (Å²) in [6.45, 7) is 6.13. The van der Waals surface area contributed by atoms with E-state index in [0.29, 0.717) is 17.4 Å². The molecule has 1 heterocycles. The SMILES string of the molecule is CC(C)CCC(C)(O)CNC(=O)c1cc(Cl)ccn1. The number of carbonyl (C=O) groups is 1. The van der Waals surface area contributed by atoms with Crippen molar-refractivity contribution in [2.75, 3.05) is 6.54 Å². The van der Waals surface area contributed by atoms with Crippen LogP contribution in [0.5, 0.6) is 0 Å². The van der Waals surface area contributed by atoms with Crippen LogP contribution in [-0.2, 0) is 0 Å². The summed E-state index contributed by atoms with van der Waals surface area (Å²) in [7, 11) is 0. The maximum atomic E-state index is 11.8. The van der Waals surface area contributed by atoms with Gasteiger partial charge in [0, 0.05) is 17.8 Å². The second-order valence-corrected chi connectivity index (χ2v) is 5.91. The third-order valence-corrected chi connectivity index (χ3v) is 3.08. The molecule has 5 heteroatoms. The van der Waals surface area contributed by atoms with E-state index in [0.717, 1.165) is 6.42 Å². The van der Waals surface area contributed by atoms with Crippen molar-refractivity contribution in [1.82, 2.24) is 10.3 Å². The van der Waals surface area contributed by atoms with E-state index in [1.807, 2.05) is 0 Å². The molecule has 1 aromatic heterocycles. The van der Waals surface area contributed by atoms with Crippen molar-refractivity contribution in [2.24, 2.45) is 5.92 Å². The van der Waals surface area contributed by atoms with Gasteiger partial charge in [-0.2, -0.15) is 0 Å². The van der Waals surface area contributed by atoms with Gasteiger partial charge in [0.25, 0.3) is 5.91 Å². The number of nitrogens with one attached hydrogen (secondary N) is 1. The Labute approximate surface area is 119 Å². The minimum atomic E-state index is -0.904. The van der Waals surface area contributed by atoms with Crippen LogP contribution < -0.4 is 5.32 Å². The summed E-state index contributed by atoms with van der Waals surface area (Å²) in [5.74, 6) is 0.198. The Balaban J connectivity index is 2.49. The number of halogens is 1. The van der Waals surface area contributed by atoms with Crippen LogP contribution in [0.3, 0.4) is 0 Å². The first-order valence-corrected chi connectivity index (χ1v) is 6.80. The van der Waals surface area contributed by atoms with Gasteiger partial charge in [-0.1, -0.05) is 25.4 Å². The molecule has 0 aromatic carbocycles. The number of pyridine rings is 1. The number of aliphatic hydroxyl groups is 1. The van der Waals surface area contributed by atoms with Crippen LogP contribution in [-0.4, -0.2) is 28.1 Å². The maximum Gasteiger partial charge on any atom is 0.270 e. The topological polar surface area (TPSA) is 62.2 Å². The molecule has 0 radical (unpaired) electrons. The Bertz CT molecular complexity index is 433. The number of aromatic nitrogens is 1. The smallest absolute Gasteiger partial charge is 0.270 e. The number of carbonyl (C=O) groups excluding carboxylic acids is 1. The molecule has 0 spiro atoms. The van der Waals surface area contributed by atoms with Gasteiger partial charge in [-0.15, -0.1) is 0 Å². The standard InChI is InChI=1S/C14H21ClN2O2/c1-10(2)4-6-14(3,19)9-17-13(18)12-8-11(15)5-7-16-12/h5,7-8,10,19H,4,6,9H2,1-3H3,(H,17,18). The van der Waals surface area contributed by atoms with E-state index in [2.05, 4.69) is 24.1 Å². The Morgan fingerprint density at radius 1 is 1.58 bits per heavy atom. The van der Waals surface area contributed by atoms with Crippen LogP contribution >= 0.6 is 11.6 Å². The molecule has 0 aliphatic carbocycles. The highest BCUT2D eigenvalue weighted by atomic mass is 35.5. The molecule has 1 aromatic rings. The molecule has 0 bridgehead atoms. The highest BCUT2D eigenvalue weighted by Crippen LogP contribution is 2.15. The lowest BCUT2D eigenvalue weighted by Crippen LogP contribution is -2.41. The second kappa shape index (κ2) is 6.87. The van der Waals surface area contributed by atoms with Crippen molar-refractivity contribution in [3.05, 3.63) is 29.0 Å². The molecule has 106 valence electrons. The highest BCUT2D eigenvalue weighted by Gasteiger charge is 2.22. The summed E-state index contributed by atoms with van der Waals surface area (Å²) < 4.78 is 0. The van der Waals surface area contributed by atoms with Crippen LogP contribution in [0.1, 0.15) is 44.1 Å². The lowest BCUT2D eigenvalue weighted by Gasteiger charge is -2.24. The third kappa shape index (κ3) is 6.03. The first-order chi connectivity index (χ1) is 8.80. The van der Waals surface area contributed by atoms with Crippen LogP contribution in [0, 0.1) is 5.92 Å². The fourth-order valence-electron chi connectivity index (χ4n) is 1.58. The minimum absolute atomic E-state index is 0.201. The molecule has 0 saturated heterocycles. The molecule has 1 rings (SSSR count). The molecule has 2 N–H and O–H groups in total. The van der Waals surface area contributed by atoms with Gasteiger partial charge in [0.1, 0.15) is 5.69 Å². The number of hydrogen-bond donors (Lipinski definition) is 2. The van der Waals surface area contributed by atoms with Gasteiger partial charge < -0.3 is 10.4 Å². The number of amides is 1. The van der Waals surface area contributed by atoms with Crippen molar-refractivity contribution < 1.29 is 9.90 Å². The monoisotopic (exact) mass is 284 g/mol. The van der Waals surface area contributed by atoms with E-state index in [9.17, 15) is 9.90 Å². The quantitative estimate of drug-likeness (QED) is 0.844. The van der Waals surface area contributed by atoms with E-state index >= 15 is 0 Å². The molecule has 1 unspecified atom stereocenters. The average molecular weight is 285 g/mol. The zero-order valence-electron chi connectivity index (χ0n) is 11.6. The number of hydrogen-bond acceptors (Lipinski definition) is 3. The predicted octanol–water partition coefficient (Wildman–Crippen LogP) is 2.65. The first-order valence-electron chi connectivity index (χ1n) is 6.42. The Morgan fingerprint density at radius 2 is 2.26 bits per heavy atom. The largest absolute Gasteiger partial charge is 0.388 e. The fraction of sp³-hybridized carbons (Fsp3) is 0.571. The molecule has 0 aliphatic heterocycles. The van der Waals surface area contributed by atoms with Gasteiger partial charge >= 0.3 is 0 Å². The molecule has 4 nitrogen and oxygen atoms in total. The molecule has 1 amide bonds. The maximum absolute atomic E-state index is 11.8. The summed E-state index contributed by atoms with van der Waals surface area (Å²) in [6, 6.07) is 3.11. The molecule has 0 fully saturated rings. The van der Waals surface area contributed by atoms with E-state index in [1.165, 1.54) is 12.3 Å². The van der Waals surface area contributed by atoms with Crippen molar-refractivity contribution in [1.29, 1.82) is 0 Å². The summed E-state index contributed by atoms with van der Waals surface area (Å²) in [6.07, 6.45) is 3.04. The van der Waals surface area contributed by atoms with E-state index < -0.39 is 5.60 Å². The zero-order valence-corrected chi connectivity index (χ0v) is 12.4. The van der Waals surface area contributed by atoms with Gasteiger partial charge in [-0.3, -0.25) is 9.78 Å². The Hall–Kier alpha value is -1.13. The fourth-order valence-corrected chi connectivity index (χ4v) is 1.74. The van der Waals surface area contributed by atoms with Crippen LogP contribution in [0.15, 0.2) is 18.3 Å². The van der Waals surface area contributed by atoms with Gasteiger partial charge in [-0.05, 0) is 37.8 Å². The summed E-state index contributed by atoms with van der Waals surface area (Å²) >= 11 is 5.79. The van der Waals surface area contributed by atoms with Crippen LogP contribution in [0.2, 0.25) is 5.02 Å². The molecule has 0 aliphatic rings. The molecule has 19 heavy (non-hydrogen) atoms. The molecule has 0 saturated carbocycles. The lowest BCUT2D eigenvalue weighted by molar-refractivity contribution is 0.0428. The van der Waals surface area contributed by atoms with Crippen molar-refractivity contribution >= 4 is 17.5 Å². The Morgan fingerprint density at radius 3 is 2.84 bits per heavy atom. The van der Waals surface area contributed by atoms with Gasteiger partial charge in [0.15, 0.2) is 0 Å². The van der Waals surface area contributed by atoms with Gasteiger partial charge in [-0.25, -0.2) is 0 Å². The van der Waals surface area contributed by atoms with Crippen molar-refractivity contribution in [2.45, 2.75) is 39.2 Å². The van der Waals surface area contributed by atoms with Crippen molar-refractivity contribution in [3.63, 3.8) is 0 Å². The Kier molecular flexibility index (Phi) is 5.76. The summed E-state index contributed by atoms with van der Waals surface area (Å²) in [5, 5.41) is 13.3. The summed E-state index contributed by atoms with van der Waals surface area (Å²) in [5.41, 5.74) is -0.648. The van der Waals surface area contributed by atoms with E-state index in [1.54, 1.807) is 13.0 Å². The van der Waals surface area contributed by atoms with E-state index in [-0.39, 0.29) is 18.1 Å². The first kappa shape index (κ1) is 15.9. The molecule has 1 atom stereocenters. The van der Waals surface area contributed by atoms with Crippen molar-refractivity contribution in [3.8, 4) is 0 Å². The van der Waals surface area contributed by atoms with Crippen LogP contribution in [0.25, 0.3) is 0 Å². The highest BCUT2D eigenvalue weighted by molar-refractivity contribution is 6.30. The number of nitrogens with zero attached hydrogens (tertiary/aromatic N) is 1. The molecular weight excluding hydrogens is 264 g/mol. The second-order valence-electron chi connectivity index (χ2n) is 5.47. The van der Waals surface area contributed by atoms with Crippen LogP contribution in [0.4, 0.5) is 0 Å². The predicted molar refractivity (Wildman–Crippen MR) is 76.3 cm³/mol. The lowest BCUT2D eigenvalue weighted by atomic mass is 9.95. The normalized spacial score (nSPS) is 14.2. The summed E-state index contributed by atoms with van der Waals surface area (Å²) in [4.78, 5) is 15.8. The zero-order chi connectivity index (χ0) is 14.5. The average Bonchev–Trinajstić information content (AvgIpc) is 2.34. The number of rotatable bonds is 6.